The SMILES string of the molecule is Cc1ccn(C2CC2)c(=O)c1C(=O)NC(c1cccs1)C1CCCCC1. The molecule has 0 radical (unpaired) electrons. The van der Waals surface area contributed by atoms with Crippen molar-refractivity contribution in [2.24, 2.45) is 5.92 Å². The maximum absolute atomic E-state index is 13.1. The van der Waals surface area contributed by atoms with Gasteiger partial charge in [0.05, 0.1) is 6.04 Å². The Morgan fingerprint density at radius 2 is 1.96 bits per heavy atom. The largest absolute Gasteiger partial charge is 0.344 e. The average molecular weight is 371 g/mol. The van der Waals surface area contributed by atoms with E-state index in [4.69, 9.17) is 0 Å². The number of hydrogen-bond donors (Lipinski definition) is 1. The number of carbonyl (C=O) groups excluding carboxylic acids is 1. The quantitative estimate of drug-likeness (QED) is 0.836. The smallest absolute Gasteiger partial charge is 0.263 e. The number of pyridine rings is 1. The number of thiophene rings is 1. The van der Waals surface area contributed by atoms with Gasteiger partial charge in [0.15, 0.2) is 0 Å². The molecule has 0 aliphatic heterocycles. The minimum atomic E-state index is -0.216. The van der Waals surface area contributed by atoms with E-state index in [1.54, 1.807) is 15.9 Å². The molecule has 2 aliphatic carbocycles. The molecule has 0 aromatic carbocycles. The van der Waals surface area contributed by atoms with Crippen LogP contribution in [0.5, 0.6) is 0 Å². The van der Waals surface area contributed by atoms with Crippen LogP contribution in [0.25, 0.3) is 0 Å². The molecule has 4 nitrogen and oxygen atoms in total. The number of aryl methyl sites for hydroxylation is 1. The average Bonchev–Trinajstić information content (AvgIpc) is 3.34. The molecule has 26 heavy (non-hydrogen) atoms. The van der Waals surface area contributed by atoms with Gasteiger partial charge in [-0.15, -0.1) is 11.3 Å². The predicted octanol–water partition coefficient (Wildman–Crippen LogP) is 4.60. The number of hydrogen-bond acceptors (Lipinski definition) is 3. The van der Waals surface area contributed by atoms with Crippen LogP contribution in [0, 0.1) is 12.8 Å². The Labute approximate surface area is 158 Å². The minimum absolute atomic E-state index is 0.0104. The molecule has 0 bridgehead atoms. The summed E-state index contributed by atoms with van der Waals surface area (Å²) in [7, 11) is 0. The van der Waals surface area contributed by atoms with Crippen LogP contribution in [0.15, 0.2) is 34.6 Å². The lowest BCUT2D eigenvalue weighted by Crippen LogP contribution is -2.38. The van der Waals surface area contributed by atoms with Gasteiger partial charge in [-0.1, -0.05) is 25.3 Å². The summed E-state index contributed by atoms with van der Waals surface area (Å²) in [5.41, 5.74) is 0.938. The first kappa shape index (κ1) is 17.5. The molecular weight excluding hydrogens is 344 g/mol. The van der Waals surface area contributed by atoms with Crippen LogP contribution >= 0.6 is 11.3 Å². The zero-order valence-corrected chi connectivity index (χ0v) is 16.1. The zero-order chi connectivity index (χ0) is 18.1. The first-order valence-corrected chi connectivity index (χ1v) is 10.6. The third-order valence-corrected chi connectivity index (χ3v) is 6.71. The minimum Gasteiger partial charge on any atom is -0.344 e. The maximum atomic E-state index is 13.1. The highest BCUT2D eigenvalue weighted by Gasteiger charge is 2.30. The number of nitrogens with one attached hydrogen (secondary N) is 1. The van der Waals surface area contributed by atoms with Crippen molar-refractivity contribution in [3.63, 3.8) is 0 Å². The molecule has 2 aromatic heterocycles. The first-order valence-electron chi connectivity index (χ1n) is 9.71. The fourth-order valence-corrected chi connectivity index (χ4v) is 5.00. The molecule has 2 saturated carbocycles. The Morgan fingerprint density at radius 3 is 2.62 bits per heavy atom. The number of aromatic nitrogens is 1. The van der Waals surface area contributed by atoms with E-state index < -0.39 is 0 Å². The van der Waals surface area contributed by atoms with Crippen molar-refractivity contribution in [2.45, 2.75) is 64.0 Å². The summed E-state index contributed by atoms with van der Waals surface area (Å²) in [5, 5.41) is 5.29. The van der Waals surface area contributed by atoms with Gasteiger partial charge in [-0.2, -0.15) is 0 Å². The normalized spacial score (nSPS) is 19.3. The Kier molecular flexibility index (Phi) is 4.98. The Bertz CT molecular complexity index is 830. The van der Waals surface area contributed by atoms with Crippen LogP contribution in [0.2, 0.25) is 0 Å². The van der Waals surface area contributed by atoms with Crippen LogP contribution < -0.4 is 10.9 Å². The van der Waals surface area contributed by atoms with E-state index in [0.717, 1.165) is 31.2 Å². The van der Waals surface area contributed by atoms with Crippen LogP contribution in [0.3, 0.4) is 0 Å². The first-order chi connectivity index (χ1) is 12.6. The van der Waals surface area contributed by atoms with Gasteiger partial charge in [-0.25, -0.2) is 0 Å². The van der Waals surface area contributed by atoms with Gasteiger partial charge in [0.25, 0.3) is 11.5 Å². The molecule has 1 atom stereocenters. The van der Waals surface area contributed by atoms with E-state index in [9.17, 15) is 9.59 Å². The molecule has 1 amide bonds. The fourth-order valence-electron chi connectivity index (χ4n) is 4.13. The summed E-state index contributed by atoms with van der Waals surface area (Å²) >= 11 is 1.69. The van der Waals surface area contributed by atoms with Crippen molar-refractivity contribution >= 4 is 17.2 Å². The molecule has 138 valence electrons. The van der Waals surface area contributed by atoms with Crippen molar-refractivity contribution in [2.75, 3.05) is 0 Å². The molecule has 4 rings (SSSR count). The van der Waals surface area contributed by atoms with Gasteiger partial charge in [-0.05, 0) is 61.6 Å². The Hall–Kier alpha value is -1.88. The summed E-state index contributed by atoms with van der Waals surface area (Å²) in [6.45, 7) is 1.86. The summed E-state index contributed by atoms with van der Waals surface area (Å²) in [6.07, 6.45) is 9.91. The highest BCUT2D eigenvalue weighted by molar-refractivity contribution is 7.10. The lowest BCUT2D eigenvalue weighted by atomic mass is 9.83. The standard InChI is InChI=1S/C21H26N2O2S/c1-14-11-12-23(16-9-10-16)21(25)18(14)20(24)22-19(17-8-5-13-26-17)15-6-3-2-4-7-15/h5,8,11-13,15-16,19H,2-4,6-7,9-10H2,1H3,(H,22,24). The van der Waals surface area contributed by atoms with E-state index in [1.165, 1.54) is 24.1 Å². The summed E-state index contributed by atoms with van der Waals surface area (Å²) in [6, 6.07) is 6.33. The van der Waals surface area contributed by atoms with E-state index in [1.807, 2.05) is 25.3 Å². The predicted molar refractivity (Wildman–Crippen MR) is 105 cm³/mol. The topological polar surface area (TPSA) is 51.1 Å². The second-order valence-electron chi connectivity index (χ2n) is 7.68. The van der Waals surface area contributed by atoms with Gasteiger partial charge in [0, 0.05) is 17.1 Å². The zero-order valence-electron chi connectivity index (χ0n) is 15.2. The molecule has 2 fully saturated rings. The van der Waals surface area contributed by atoms with E-state index in [-0.39, 0.29) is 23.6 Å². The molecule has 0 saturated heterocycles. The van der Waals surface area contributed by atoms with Crippen molar-refractivity contribution < 1.29 is 4.79 Å². The number of carbonyl (C=O) groups is 1. The molecule has 2 aliphatic rings. The molecular formula is C21H26N2O2S. The van der Waals surface area contributed by atoms with Crippen molar-refractivity contribution in [1.82, 2.24) is 9.88 Å². The van der Waals surface area contributed by atoms with E-state index in [0.29, 0.717) is 11.5 Å². The Balaban J connectivity index is 1.62. The van der Waals surface area contributed by atoms with Crippen LogP contribution in [0.4, 0.5) is 0 Å². The second kappa shape index (κ2) is 7.39. The van der Waals surface area contributed by atoms with Crippen LogP contribution in [-0.2, 0) is 0 Å². The third-order valence-electron chi connectivity index (χ3n) is 5.75. The van der Waals surface area contributed by atoms with Crippen LogP contribution in [0.1, 0.15) is 77.8 Å². The number of nitrogens with zero attached hydrogens (tertiary/aromatic N) is 1. The second-order valence-corrected chi connectivity index (χ2v) is 8.66. The van der Waals surface area contributed by atoms with Crippen molar-refractivity contribution in [3.8, 4) is 0 Å². The van der Waals surface area contributed by atoms with Gasteiger partial charge in [-0.3, -0.25) is 9.59 Å². The van der Waals surface area contributed by atoms with Gasteiger partial charge < -0.3 is 9.88 Å². The van der Waals surface area contributed by atoms with E-state index >= 15 is 0 Å². The van der Waals surface area contributed by atoms with Crippen molar-refractivity contribution in [3.05, 3.63) is 56.1 Å². The molecule has 0 spiro atoms. The molecule has 2 aromatic rings. The highest BCUT2D eigenvalue weighted by atomic mass is 32.1. The summed E-state index contributed by atoms with van der Waals surface area (Å²) in [4.78, 5) is 27.2. The fraction of sp³-hybridized carbons (Fsp3) is 0.524. The lowest BCUT2D eigenvalue weighted by Gasteiger charge is -2.30. The molecule has 2 heterocycles. The monoisotopic (exact) mass is 370 g/mol. The third kappa shape index (κ3) is 3.50. The molecule has 1 N–H and O–H groups in total. The summed E-state index contributed by atoms with van der Waals surface area (Å²) in [5.74, 6) is 0.243. The van der Waals surface area contributed by atoms with Gasteiger partial charge in [0.1, 0.15) is 5.56 Å². The lowest BCUT2D eigenvalue weighted by molar-refractivity contribution is 0.0911. The van der Waals surface area contributed by atoms with Gasteiger partial charge >= 0.3 is 0 Å². The van der Waals surface area contributed by atoms with Gasteiger partial charge in [0.2, 0.25) is 0 Å². The number of amides is 1. The summed E-state index contributed by atoms with van der Waals surface area (Å²) < 4.78 is 1.74. The number of rotatable bonds is 5. The van der Waals surface area contributed by atoms with Crippen molar-refractivity contribution in [1.29, 1.82) is 0 Å². The molecule has 1 unspecified atom stereocenters. The van der Waals surface area contributed by atoms with Crippen LogP contribution in [-0.4, -0.2) is 10.5 Å². The Morgan fingerprint density at radius 1 is 1.19 bits per heavy atom. The van der Waals surface area contributed by atoms with E-state index in [2.05, 4.69) is 16.8 Å². The maximum Gasteiger partial charge on any atom is 0.263 e. The molecule has 5 heteroatoms. The highest BCUT2D eigenvalue weighted by Crippen LogP contribution is 2.36.